The molecule has 6 nitrogen and oxygen atoms in total. The average Bonchev–Trinajstić information content (AvgIpc) is 2.97. The third kappa shape index (κ3) is 6.73. The molecule has 1 aromatic heterocycles. The fourth-order valence-electron chi connectivity index (χ4n) is 2.80. The maximum Gasteiger partial charge on any atom is 0.191 e. The predicted octanol–water partition coefficient (Wildman–Crippen LogP) is 3.49. The Kier molecular flexibility index (Phi) is 9.11. The van der Waals surface area contributed by atoms with Crippen molar-refractivity contribution in [3.8, 4) is 5.75 Å². The number of nitrogens with one attached hydrogen (secondary N) is 2. The van der Waals surface area contributed by atoms with Crippen LogP contribution in [0.4, 0.5) is 0 Å². The van der Waals surface area contributed by atoms with E-state index in [0.717, 1.165) is 34.9 Å². The second-order valence-corrected chi connectivity index (χ2v) is 6.50. The summed E-state index contributed by atoms with van der Waals surface area (Å²) in [6, 6.07) is 9.68. The first-order valence-electron chi connectivity index (χ1n) is 8.80. The first kappa shape index (κ1) is 23.3. The normalized spacial score (nSPS) is 13.5. The fourth-order valence-corrected chi connectivity index (χ4v) is 2.80. The number of methoxy groups -OCH3 is 1. The van der Waals surface area contributed by atoms with Crippen LogP contribution in [0.25, 0.3) is 0 Å². The number of furan rings is 1. The Morgan fingerprint density at radius 1 is 1.26 bits per heavy atom. The molecule has 1 aromatic carbocycles. The van der Waals surface area contributed by atoms with Gasteiger partial charge in [0.1, 0.15) is 22.9 Å². The maximum atomic E-state index is 10.8. The third-order valence-corrected chi connectivity index (χ3v) is 4.12. The standard InChI is InChI=1S/C20H29N3O3.HI/c1-6-21-19(22-12-16-8-7-9-17(11-16)25-5)23-13-20(4,24)18-10-14(2)26-15(18)3;/h7-11,24H,6,12-13H2,1-5H3,(H2,21,22,23);1H. The minimum atomic E-state index is -1.06. The molecule has 0 aliphatic carbocycles. The van der Waals surface area contributed by atoms with E-state index in [1.54, 1.807) is 14.0 Å². The van der Waals surface area contributed by atoms with Gasteiger partial charge in [0, 0.05) is 12.1 Å². The van der Waals surface area contributed by atoms with Gasteiger partial charge < -0.3 is 24.9 Å². The largest absolute Gasteiger partial charge is 0.497 e. The van der Waals surface area contributed by atoms with Crippen LogP contribution in [0.15, 0.2) is 39.7 Å². The number of halogens is 1. The fraction of sp³-hybridized carbons (Fsp3) is 0.450. The number of hydrogen-bond donors (Lipinski definition) is 3. The summed E-state index contributed by atoms with van der Waals surface area (Å²) in [6.45, 7) is 9.07. The molecule has 2 aromatic rings. The number of nitrogens with zero attached hydrogens (tertiary/aromatic N) is 1. The molecule has 2 rings (SSSR count). The Bertz CT molecular complexity index is 757. The number of benzene rings is 1. The minimum absolute atomic E-state index is 0. The SMILES string of the molecule is CCNC(=NCc1cccc(OC)c1)NCC(C)(O)c1cc(C)oc1C.I. The van der Waals surface area contributed by atoms with Gasteiger partial charge in [-0.15, -0.1) is 24.0 Å². The number of aliphatic imine (C=N–C) groups is 1. The number of rotatable bonds is 7. The van der Waals surface area contributed by atoms with Crippen molar-refractivity contribution < 1.29 is 14.3 Å². The van der Waals surface area contributed by atoms with Gasteiger partial charge >= 0.3 is 0 Å². The second-order valence-electron chi connectivity index (χ2n) is 6.50. The topological polar surface area (TPSA) is 79.0 Å². The highest BCUT2D eigenvalue weighted by molar-refractivity contribution is 14.0. The summed E-state index contributed by atoms with van der Waals surface area (Å²) in [5, 5.41) is 17.2. The summed E-state index contributed by atoms with van der Waals surface area (Å²) in [5.41, 5.74) is 0.773. The maximum absolute atomic E-state index is 10.8. The number of aliphatic hydroxyl groups is 1. The molecule has 150 valence electrons. The molecular weight excluding hydrogens is 457 g/mol. The van der Waals surface area contributed by atoms with Gasteiger partial charge in [0.05, 0.1) is 20.2 Å². The highest BCUT2D eigenvalue weighted by atomic mass is 127. The Morgan fingerprint density at radius 2 is 2.00 bits per heavy atom. The van der Waals surface area contributed by atoms with E-state index in [0.29, 0.717) is 19.0 Å². The van der Waals surface area contributed by atoms with Crippen molar-refractivity contribution in [2.45, 2.75) is 39.8 Å². The van der Waals surface area contributed by atoms with E-state index < -0.39 is 5.60 Å². The molecule has 3 N–H and O–H groups in total. The molecule has 0 spiro atoms. The van der Waals surface area contributed by atoms with Crippen LogP contribution in [0.1, 0.15) is 36.5 Å². The lowest BCUT2D eigenvalue weighted by molar-refractivity contribution is 0.0601. The summed E-state index contributed by atoms with van der Waals surface area (Å²) in [7, 11) is 1.65. The molecule has 1 heterocycles. The second kappa shape index (κ2) is 10.6. The van der Waals surface area contributed by atoms with Gasteiger partial charge in [-0.25, -0.2) is 4.99 Å². The van der Waals surface area contributed by atoms with Gasteiger partial charge in [-0.2, -0.15) is 0 Å². The molecule has 27 heavy (non-hydrogen) atoms. The smallest absolute Gasteiger partial charge is 0.191 e. The molecule has 7 heteroatoms. The van der Waals surface area contributed by atoms with E-state index in [9.17, 15) is 5.11 Å². The van der Waals surface area contributed by atoms with Crippen LogP contribution in [0.2, 0.25) is 0 Å². The molecule has 0 radical (unpaired) electrons. The summed E-state index contributed by atoms with van der Waals surface area (Å²) in [4.78, 5) is 4.59. The Hall–Kier alpha value is -1.74. The Morgan fingerprint density at radius 3 is 2.59 bits per heavy atom. The van der Waals surface area contributed by atoms with Crippen LogP contribution in [-0.2, 0) is 12.1 Å². The van der Waals surface area contributed by atoms with Gasteiger partial charge in [0.15, 0.2) is 5.96 Å². The van der Waals surface area contributed by atoms with Gasteiger partial charge in [0.2, 0.25) is 0 Å². The van der Waals surface area contributed by atoms with Crippen LogP contribution >= 0.6 is 24.0 Å². The van der Waals surface area contributed by atoms with Crippen molar-refractivity contribution in [2.24, 2.45) is 4.99 Å². The van der Waals surface area contributed by atoms with E-state index in [-0.39, 0.29) is 24.0 Å². The highest BCUT2D eigenvalue weighted by Crippen LogP contribution is 2.26. The molecule has 0 aliphatic rings. The minimum Gasteiger partial charge on any atom is -0.497 e. The van der Waals surface area contributed by atoms with E-state index in [1.807, 2.05) is 51.1 Å². The van der Waals surface area contributed by atoms with Crippen molar-refractivity contribution in [3.05, 3.63) is 53.0 Å². The number of guanidine groups is 1. The molecule has 0 saturated heterocycles. The number of ether oxygens (including phenoxy) is 1. The van der Waals surface area contributed by atoms with Gasteiger partial charge in [-0.1, -0.05) is 12.1 Å². The molecule has 0 saturated carbocycles. The van der Waals surface area contributed by atoms with Crippen molar-refractivity contribution in [3.63, 3.8) is 0 Å². The summed E-state index contributed by atoms with van der Waals surface area (Å²) in [5.74, 6) is 2.97. The van der Waals surface area contributed by atoms with Gasteiger partial charge in [-0.05, 0) is 51.5 Å². The first-order chi connectivity index (χ1) is 12.4. The number of hydrogen-bond acceptors (Lipinski definition) is 4. The van der Waals surface area contributed by atoms with Crippen LogP contribution in [0, 0.1) is 13.8 Å². The van der Waals surface area contributed by atoms with Crippen LogP contribution < -0.4 is 15.4 Å². The van der Waals surface area contributed by atoms with E-state index in [2.05, 4.69) is 15.6 Å². The monoisotopic (exact) mass is 487 g/mol. The van der Waals surface area contributed by atoms with Crippen LogP contribution in [-0.4, -0.2) is 31.3 Å². The lowest BCUT2D eigenvalue weighted by Gasteiger charge is -2.24. The van der Waals surface area contributed by atoms with Crippen molar-refractivity contribution in [1.29, 1.82) is 0 Å². The van der Waals surface area contributed by atoms with Crippen molar-refractivity contribution >= 4 is 29.9 Å². The molecule has 1 atom stereocenters. The van der Waals surface area contributed by atoms with E-state index >= 15 is 0 Å². The average molecular weight is 487 g/mol. The Balaban J connectivity index is 0.00000364. The lowest BCUT2D eigenvalue weighted by Crippen LogP contribution is -2.44. The van der Waals surface area contributed by atoms with Crippen molar-refractivity contribution in [2.75, 3.05) is 20.2 Å². The molecule has 1 unspecified atom stereocenters. The van der Waals surface area contributed by atoms with Crippen LogP contribution in [0.5, 0.6) is 5.75 Å². The zero-order chi connectivity index (χ0) is 19.2. The molecule has 0 aliphatic heterocycles. The third-order valence-electron chi connectivity index (χ3n) is 4.12. The molecule has 0 amide bonds. The predicted molar refractivity (Wildman–Crippen MR) is 119 cm³/mol. The highest BCUT2D eigenvalue weighted by Gasteiger charge is 2.27. The summed E-state index contributed by atoms with van der Waals surface area (Å²) >= 11 is 0. The zero-order valence-corrected chi connectivity index (χ0v) is 19.0. The lowest BCUT2D eigenvalue weighted by atomic mass is 9.96. The van der Waals surface area contributed by atoms with Crippen molar-refractivity contribution in [1.82, 2.24) is 10.6 Å². The van der Waals surface area contributed by atoms with E-state index in [4.69, 9.17) is 9.15 Å². The zero-order valence-electron chi connectivity index (χ0n) is 16.6. The summed E-state index contributed by atoms with van der Waals surface area (Å²) < 4.78 is 10.8. The molecule has 0 bridgehead atoms. The summed E-state index contributed by atoms with van der Waals surface area (Å²) in [6.07, 6.45) is 0. The molecular formula is C20H30IN3O3. The number of aryl methyl sites for hydroxylation is 2. The quantitative estimate of drug-likeness (QED) is 0.317. The molecule has 0 fully saturated rings. The van der Waals surface area contributed by atoms with Gasteiger partial charge in [0.25, 0.3) is 0 Å². The Labute approximate surface area is 178 Å². The van der Waals surface area contributed by atoms with Crippen LogP contribution in [0.3, 0.4) is 0 Å². The first-order valence-corrected chi connectivity index (χ1v) is 8.80. The van der Waals surface area contributed by atoms with E-state index in [1.165, 1.54) is 0 Å². The van der Waals surface area contributed by atoms with Gasteiger partial charge in [-0.3, -0.25) is 0 Å².